The van der Waals surface area contributed by atoms with Crippen molar-refractivity contribution in [2.24, 2.45) is 5.41 Å². The molecule has 0 saturated carbocycles. The third kappa shape index (κ3) is 1.83. The van der Waals surface area contributed by atoms with Crippen LogP contribution < -0.4 is 0 Å². The zero-order chi connectivity index (χ0) is 10.0. The van der Waals surface area contributed by atoms with Gasteiger partial charge in [0.05, 0.1) is 0 Å². The molecule has 78 valence electrons. The largest absolute Gasteiger partial charge is 0.339 e. The first-order chi connectivity index (χ1) is 6.76. The van der Waals surface area contributed by atoms with E-state index in [9.17, 15) is 4.79 Å². The van der Waals surface area contributed by atoms with E-state index >= 15 is 0 Å². The minimum absolute atomic E-state index is 0.112. The lowest BCUT2D eigenvalue weighted by molar-refractivity contribution is -0.129. The number of nitrogens with zero attached hydrogens (tertiary/aromatic N) is 1. The Morgan fingerprint density at radius 3 is 3.00 bits per heavy atom. The van der Waals surface area contributed by atoms with E-state index in [0.717, 1.165) is 13.1 Å². The molecule has 1 atom stereocenters. The Labute approximate surface area is 89.7 Å². The maximum Gasteiger partial charge on any atom is 0.245 e. The molecule has 0 radical (unpaired) electrons. The Kier molecular flexibility index (Phi) is 2.86. The van der Waals surface area contributed by atoms with Crippen molar-refractivity contribution in [2.45, 2.75) is 19.3 Å². The molecule has 3 heteroatoms. The van der Waals surface area contributed by atoms with Crippen LogP contribution in [0.2, 0.25) is 0 Å². The van der Waals surface area contributed by atoms with Gasteiger partial charge in [-0.2, -0.15) is 11.8 Å². The molecule has 0 N–H and O–H groups in total. The Hall–Kier alpha value is -0.440. The molecule has 2 heterocycles. The van der Waals surface area contributed by atoms with E-state index < -0.39 is 0 Å². The third-order valence-electron chi connectivity index (χ3n) is 3.33. The summed E-state index contributed by atoms with van der Waals surface area (Å²) in [5, 5.41) is 0. The smallest absolute Gasteiger partial charge is 0.245 e. The van der Waals surface area contributed by atoms with E-state index in [1.165, 1.54) is 36.8 Å². The van der Waals surface area contributed by atoms with Crippen LogP contribution in [0.25, 0.3) is 0 Å². The Morgan fingerprint density at radius 2 is 2.36 bits per heavy atom. The average molecular weight is 211 g/mol. The summed E-state index contributed by atoms with van der Waals surface area (Å²) in [5.74, 6) is 2.63. The Balaban J connectivity index is 2.03. The standard InChI is InChI=1S/C11H17NOS/c1-2-10(13)12-6-3-4-11(8-12)5-7-14-9-11/h2H,1,3-9H2. The number of hydrogen-bond acceptors (Lipinski definition) is 2. The average Bonchev–Trinajstić information content (AvgIpc) is 2.65. The summed E-state index contributed by atoms with van der Waals surface area (Å²) in [6, 6.07) is 0. The number of amides is 1. The fourth-order valence-electron chi connectivity index (χ4n) is 2.50. The molecule has 2 rings (SSSR count). The number of hydrogen-bond donors (Lipinski definition) is 0. The summed E-state index contributed by atoms with van der Waals surface area (Å²) in [4.78, 5) is 13.5. The van der Waals surface area contributed by atoms with Crippen molar-refractivity contribution in [3.8, 4) is 0 Å². The first-order valence-corrected chi connectivity index (χ1v) is 6.40. The van der Waals surface area contributed by atoms with E-state index in [1.54, 1.807) is 0 Å². The molecular weight excluding hydrogens is 194 g/mol. The highest BCUT2D eigenvalue weighted by Crippen LogP contribution is 2.42. The Morgan fingerprint density at radius 1 is 1.50 bits per heavy atom. The van der Waals surface area contributed by atoms with Gasteiger partial charge in [0.2, 0.25) is 5.91 Å². The zero-order valence-corrected chi connectivity index (χ0v) is 9.31. The lowest BCUT2D eigenvalue weighted by atomic mass is 9.79. The van der Waals surface area contributed by atoms with Crippen LogP contribution in [-0.4, -0.2) is 35.4 Å². The van der Waals surface area contributed by atoms with Crippen LogP contribution in [0.4, 0.5) is 0 Å². The summed E-state index contributed by atoms with van der Waals surface area (Å²) < 4.78 is 0. The zero-order valence-electron chi connectivity index (χ0n) is 8.50. The lowest BCUT2D eigenvalue weighted by Crippen LogP contribution is -2.45. The molecule has 1 unspecified atom stereocenters. The minimum Gasteiger partial charge on any atom is -0.339 e. The highest BCUT2D eigenvalue weighted by molar-refractivity contribution is 7.99. The molecule has 1 spiro atoms. The van der Waals surface area contributed by atoms with Crippen LogP contribution in [0.15, 0.2) is 12.7 Å². The van der Waals surface area contributed by atoms with E-state index in [0.29, 0.717) is 5.41 Å². The molecule has 0 bridgehead atoms. The number of piperidine rings is 1. The maximum atomic E-state index is 11.5. The highest BCUT2D eigenvalue weighted by Gasteiger charge is 2.39. The van der Waals surface area contributed by atoms with Gasteiger partial charge in [-0.1, -0.05) is 6.58 Å². The summed E-state index contributed by atoms with van der Waals surface area (Å²) >= 11 is 2.04. The lowest BCUT2D eigenvalue weighted by Gasteiger charge is -2.39. The summed E-state index contributed by atoms with van der Waals surface area (Å²) in [6.45, 7) is 5.45. The van der Waals surface area contributed by atoms with Gasteiger partial charge in [0.25, 0.3) is 0 Å². The summed E-state index contributed by atoms with van der Waals surface area (Å²) in [5.41, 5.74) is 0.446. The van der Waals surface area contributed by atoms with Crippen molar-refractivity contribution in [1.29, 1.82) is 0 Å². The number of carbonyl (C=O) groups is 1. The summed E-state index contributed by atoms with van der Waals surface area (Å²) in [6.07, 6.45) is 5.21. The van der Waals surface area contributed by atoms with Gasteiger partial charge in [-0.25, -0.2) is 0 Å². The second-order valence-electron chi connectivity index (χ2n) is 4.37. The van der Waals surface area contributed by atoms with Gasteiger partial charge < -0.3 is 4.90 Å². The third-order valence-corrected chi connectivity index (χ3v) is 4.64. The van der Waals surface area contributed by atoms with Crippen molar-refractivity contribution >= 4 is 17.7 Å². The van der Waals surface area contributed by atoms with Crippen LogP contribution in [0.1, 0.15) is 19.3 Å². The van der Waals surface area contributed by atoms with Crippen LogP contribution in [0.3, 0.4) is 0 Å². The van der Waals surface area contributed by atoms with Crippen molar-refractivity contribution in [1.82, 2.24) is 4.90 Å². The second kappa shape index (κ2) is 3.97. The predicted octanol–water partition coefficient (Wildman–Crippen LogP) is 1.92. The molecule has 1 amide bonds. The van der Waals surface area contributed by atoms with Gasteiger partial charge in [-0.15, -0.1) is 0 Å². The topological polar surface area (TPSA) is 20.3 Å². The number of carbonyl (C=O) groups excluding carboxylic acids is 1. The molecule has 14 heavy (non-hydrogen) atoms. The van der Waals surface area contributed by atoms with Crippen LogP contribution in [-0.2, 0) is 4.79 Å². The fourth-order valence-corrected chi connectivity index (χ4v) is 4.03. The molecule has 2 nitrogen and oxygen atoms in total. The van der Waals surface area contributed by atoms with Crippen LogP contribution >= 0.6 is 11.8 Å². The minimum atomic E-state index is 0.112. The SMILES string of the molecule is C=CC(=O)N1CCCC2(CCSC2)C1. The predicted molar refractivity (Wildman–Crippen MR) is 60.4 cm³/mol. The first-order valence-electron chi connectivity index (χ1n) is 5.25. The number of rotatable bonds is 1. The molecule has 0 aromatic carbocycles. The van der Waals surface area contributed by atoms with E-state index in [-0.39, 0.29) is 5.91 Å². The second-order valence-corrected chi connectivity index (χ2v) is 5.48. The first kappa shape index (κ1) is 10.1. The van der Waals surface area contributed by atoms with Crippen molar-refractivity contribution in [3.63, 3.8) is 0 Å². The molecule has 0 aromatic heterocycles. The molecule has 0 aromatic rings. The van der Waals surface area contributed by atoms with Gasteiger partial charge >= 0.3 is 0 Å². The van der Waals surface area contributed by atoms with Gasteiger partial charge in [0.15, 0.2) is 0 Å². The molecule has 0 aliphatic carbocycles. The fraction of sp³-hybridized carbons (Fsp3) is 0.727. The van der Waals surface area contributed by atoms with Crippen molar-refractivity contribution in [3.05, 3.63) is 12.7 Å². The highest BCUT2D eigenvalue weighted by atomic mass is 32.2. The van der Waals surface area contributed by atoms with Gasteiger partial charge in [0, 0.05) is 18.8 Å². The normalized spacial score (nSPS) is 32.1. The van der Waals surface area contributed by atoms with Crippen molar-refractivity contribution in [2.75, 3.05) is 24.6 Å². The molecule has 2 aliphatic rings. The maximum absolute atomic E-state index is 11.5. The van der Waals surface area contributed by atoms with E-state index in [1.807, 2.05) is 16.7 Å². The molecule has 2 fully saturated rings. The van der Waals surface area contributed by atoms with Gasteiger partial charge in [-0.3, -0.25) is 4.79 Å². The molecular formula is C11H17NOS. The monoisotopic (exact) mass is 211 g/mol. The van der Waals surface area contributed by atoms with Gasteiger partial charge in [0.1, 0.15) is 0 Å². The summed E-state index contributed by atoms with van der Waals surface area (Å²) in [7, 11) is 0. The van der Waals surface area contributed by atoms with Crippen LogP contribution in [0, 0.1) is 5.41 Å². The number of likely N-dealkylation sites (tertiary alicyclic amines) is 1. The van der Waals surface area contributed by atoms with Gasteiger partial charge in [-0.05, 0) is 36.5 Å². The van der Waals surface area contributed by atoms with Crippen LogP contribution in [0.5, 0.6) is 0 Å². The van der Waals surface area contributed by atoms with Crippen molar-refractivity contribution < 1.29 is 4.79 Å². The number of thioether (sulfide) groups is 1. The quantitative estimate of drug-likeness (QED) is 0.618. The van der Waals surface area contributed by atoms with E-state index in [2.05, 4.69) is 6.58 Å². The Bertz CT molecular complexity index is 246. The molecule has 2 saturated heterocycles. The van der Waals surface area contributed by atoms with E-state index in [4.69, 9.17) is 0 Å². The molecule has 2 aliphatic heterocycles.